The van der Waals surface area contributed by atoms with E-state index in [0.29, 0.717) is 12.8 Å². The first-order chi connectivity index (χ1) is 13.3. The van der Waals surface area contributed by atoms with Crippen LogP contribution in [0.3, 0.4) is 0 Å². The molecule has 3 aromatic carbocycles. The van der Waals surface area contributed by atoms with Gasteiger partial charge in [0.05, 0.1) is 11.4 Å². The topological polar surface area (TPSA) is 32.7 Å². The van der Waals surface area contributed by atoms with Crippen molar-refractivity contribution in [3.05, 3.63) is 96.6 Å². The fourth-order valence-electron chi connectivity index (χ4n) is 3.07. The van der Waals surface area contributed by atoms with Crippen molar-refractivity contribution in [1.29, 1.82) is 0 Å². The van der Waals surface area contributed by atoms with Gasteiger partial charge in [0.1, 0.15) is 0 Å². The van der Waals surface area contributed by atoms with Crippen LogP contribution < -0.4 is 5.01 Å². The number of nitrogens with zero attached hydrogens (tertiary/aromatic N) is 2. The predicted octanol–water partition coefficient (Wildman–Crippen LogP) is 5.55. The number of rotatable bonds is 4. The highest BCUT2D eigenvalue weighted by Gasteiger charge is 2.20. The van der Waals surface area contributed by atoms with E-state index in [0.717, 1.165) is 17.0 Å². The number of carbonyl (C=O) groups excluding carboxylic acids is 1. The van der Waals surface area contributed by atoms with Gasteiger partial charge in [-0.1, -0.05) is 78.9 Å². The molecule has 132 valence electrons. The fourth-order valence-corrected chi connectivity index (χ4v) is 3.07. The smallest absolute Gasteiger partial charge is 0.247 e. The van der Waals surface area contributed by atoms with Crippen molar-refractivity contribution in [3.63, 3.8) is 0 Å². The van der Waals surface area contributed by atoms with E-state index >= 15 is 0 Å². The van der Waals surface area contributed by atoms with E-state index in [4.69, 9.17) is 0 Å². The summed E-state index contributed by atoms with van der Waals surface area (Å²) in [6.45, 7) is 0. The third-order valence-corrected chi connectivity index (χ3v) is 4.55. The molecule has 0 N–H and O–H groups in total. The first-order valence-electron chi connectivity index (χ1n) is 9.09. The zero-order valence-electron chi connectivity index (χ0n) is 15.0. The lowest BCUT2D eigenvalue weighted by atomic mass is 10.0. The van der Waals surface area contributed by atoms with Gasteiger partial charge in [-0.15, -0.1) is 0 Å². The molecule has 1 aliphatic heterocycles. The minimum Gasteiger partial charge on any atom is -0.273 e. The molecule has 27 heavy (non-hydrogen) atoms. The number of para-hydroxylation sites is 1. The lowest BCUT2D eigenvalue weighted by Crippen LogP contribution is -2.30. The van der Waals surface area contributed by atoms with Crippen LogP contribution in [0.5, 0.6) is 0 Å². The number of anilines is 1. The Hall–Kier alpha value is -3.46. The Kier molecular flexibility index (Phi) is 4.93. The molecule has 3 heteroatoms. The maximum atomic E-state index is 12.2. The van der Waals surface area contributed by atoms with Crippen LogP contribution in [0, 0.1) is 0 Å². The second-order valence-corrected chi connectivity index (χ2v) is 6.45. The third-order valence-electron chi connectivity index (χ3n) is 4.55. The highest BCUT2D eigenvalue weighted by molar-refractivity contribution is 6.07. The molecule has 0 fully saturated rings. The molecule has 0 spiro atoms. The largest absolute Gasteiger partial charge is 0.273 e. The summed E-state index contributed by atoms with van der Waals surface area (Å²) in [4.78, 5) is 12.2. The van der Waals surface area contributed by atoms with Gasteiger partial charge >= 0.3 is 0 Å². The van der Waals surface area contributed by atoms with Crippen LogP contribution >= 0.6 is 0 Å². The molecule has 0 aliphatic carbocycles. The van der Waals surface area contributed by atoms with Crippen LogP contribution in [0.4, 0.5) is 5.69 Å². The molecule has 0 bridgehead atoms. The summed E-state index contributed by atoms with van der Waals surface area (Å²) in [5, 5.41) is 6.03. The number of amides is 1. The van der Waals surface area contributed by atoms with Crippen LogP contribution in [-0.2, 0) is 4.79 Å². The summed E-state index contributed by atoms with van der Waals surface area (Å²) in [7, 11) is 0. The van der Waals surface area contributed by atoms with Gasteiger partial charge in [0.25, 0.3) is 0 Å². The standard InChI is InChI=1S/C24H20N2O/c27-24-18-17-22(25-26(24)23-9-5-2-6-10-23)16-13-19-11-14-21(15-12-19)20-7-3-1-4-8-20/h1-16H,17-18H2/b16-13+. The summed E-state index contributed by atoms with van der Waals surface area (Å²) in [6, 6.07) is 28.3. The molecule has 3 nitrogen and oxygen atoms in total. The Morgan fingerprint density at radius 3 is 2.04 bits per heavy atom. The third kappa shape index (κ3) is 4.04. The monoisotopic (exact) mass is 352 g/mol. The van der Waals surface area contributed by atoms with E-state index < -0.39 is 0 Å². The Bertz CT molecular complexity index is 974. The normalized spacial score (nSPS) is 14.4. The number of allylic oxidation sites excluding steroid dienone is 1. The van der Waals surface area contributed by atoms with Crippen molar-refractivity contribution in [2.24, 2.45) is 5.10 Å². The summed E-state index contributed by atoms with van der Waals surface area (Å²) < 4.78 is 0. The minimum absolute atomic E-state index is 0.0329. The lowest BCUT2D eigenvalue weighted by molar-refractivity contribution is -0.118. The zero-order chi connectivity index (χ0) is 18.5. The molecule has 3 aromatic rings. The van der Waals surface area contributed by atoms with Crippen molar-refractivity contribution in [3.8, 4) is 11.1 Å². The number of benzene rings is 3. The molecule has 1 amide bonds. The maximum absolute atomic E-state index is 12.2. The number of hydrogen-bond acceptors (Lipinski definition) is 2. The van der Waals surface area contributed by atoms with Crippen molar-refractivity contribution in [2.45, 2.75) is 12.8 Å². The van der Waals surface area contributed by atoms with Crippen molar-refractivity contribution < 1.29 is 4.79 Å². The quantitative estimate of drug-likeness (QED) is 0.606. The Labute approximate surface area is 159 Å². The van der Waals surface area contributed by atoms with E-state index in [1.54, 1.807) is 0 Å². The van der Waals surface area contributed by atoms with Gasteiger partial charge in [0.15, 0.2) is 0 Å². The molecule has 0 atom stereocenters. The van der Waals surface area contributed by atoms with Crippen LogP contribution in [0.15, 0.2) is 96.1 Å². The average molecular weight is 352 g/mol. The molecule has 0 radical (unpaired) electrons. The maximum Gasteiger partial charge on any atom is 0.247 e. The van der Waals surface area contributed by atoms with Gasteiger partial charge in [-0.2, -0.15) is 5.10 Å². The summed E-state index contributed by atoms with van der Waals surface area (Å²) in [6.07, 6.45) is 5.19. The summed E-state index contributed by atoms with van der Waals surface area (Å²) >= 11 is 0. The van der Waals surface area contributed by atoms with Gasteiger partial charge < -0.3 is 0 Å². The molecule has 0 aromatic heterocycles. The molecule has 1 heterocycles. The van der Waals surface area contributed by atoms with E-state index in [1.165, 1.54) is 16.1 Å². The zero-order valence-corrected chi connectivity index (χ0v) is 15.0. The molecule has 0 saturated heterocycles. The number of hydrogen-bond donors (Lipinski definition) is 0. The van der Waals surface area contributed by atoms with Gasteiger partial charge in [-0.3, -0.25) is 4.79 Å². The Morgan fingerprint density at radius 1 is 0.704 bits per heavy atom. The van der Waals surface area contributed by atoms with Crippen LogP contribution in [0.25, 0.3) is 17.2 Å². The van der Waals surface area contributed by atoms with Crippen molar-refractivity contribution in [2.75, 3.05) is 5.01 Å². The minimum atomic E-state index is 0.0329. The molecular formula is C24H20N2O. The molecule has 4 rings (SSSR count). The van der Waals surface area contributed by atoms with Crippen LogP contribution in [0.1, 0.15) is 18.4 Å². The van der Waals surface area contributed by atoms with E-state index in [1.807, 2.05) is 60.7 Å². The highest BCUT2D eigenvalue weighted by atomic mass is 16.2. The number of hydrazone groups is 1. The van der Waals surface area contributed by atoms with Gasteiger partial charge in [-0.25, -0.2) is 5.01 Å². The Balaban J connectivity index is 1.51. The van der Waals surface area contributed by atoms with Gasteiger partial charge in [-0.05, 0) is 34.9 Å². The second-order valence-electron chi connectivity index (χ2n) is 6.45. The van der Waals surface area contributed by atoms with E-state index in [9.17, 15) is 4.79 Å². The molecule has 0 saturated carbocycles. The van der Waals surface area contributed by atoms with Crippen molar-refractivity contribution >= 4 is 23.4 Å². The van der Waals surface area contributed by atoms with E-state index in [-0.39, 0.29) is 5.91 Å². The van der Waals surface area contributed by atoms with Crippen LogP contribution in [-0.4, -0.2) is 11.6 Å². The lowest BCUT2D eigenvalue weighted by Gasteiger charge is -2.22. The van der Waals surface area contributed by atoms with Crippen LogP contribution in [0.2, 0.25) is 0 Å². The first-order valence-corrected chi connectivity index (χ1v) is 9.09. The SMILES string of the molecule is O=C1CCC(/C=C/c2ccc(-c3ccccc3)cc2)=NN1c1ccccc1. The molecular weight excluding hydrogens is 332 g/mol. The summed E-state index contributed by atoms with van der Waals surface area (Å²) in [5.41, 5.74) is 5.23. The number of carbonyl (C=O) groups is 1. The predicted molar refractivity (Wildman–Crippen MR) is 112 cm³/mol. The highest BCUT2D eigenvalue weighted by Crippen LogP contribution is 2.22. The summed E-state index contributed by atoms with van der Waals surface area (Å²) in [5.74, 6) is 0.0329. The Morgan fingerprint density at radius 2 is 1.33 bits per heavy atom. The molecule has 0 unspecified atom stereocenters. The fraction of sp³-hybridized carbons (Fsp3) is 0.0833. The van der Waals surface area contributed by atoms with E-state index in [2.05, 4.69) is 41.5 Å². The van der Waals surface area contributed by atoms with Gasteiger partial charge in [0.2, 0.25) is 5.91 Å². The molecule has 1 aliphatic rings. The van der Waals surface area contributed by atoms with Crippen molar-refractivity contribution in [1.82, 2.24) is 0 Å². The second kappa shape index (κ2) is 7.83. The first kappa shape index (κ1) is 17.0. The van der Waals surface area contributed by atoms with Gasteiger partial charge in [0, 0.05) is 12.8 Å². The average Bonchev–Trinajstić information content (AvgIpc) is 2.75.